The first-order valence-corrected chi connectivity index (χ1v) is 15.8. The number of benzene rings is 3. The van der Waals surface area contributed by atoms with Gasteiger partial charge >= 0.3 is 0 Å². The lowest BCUT2D eigenvalue weighted by atomic mass is 10.0. The molecule has 0 bridgehead atoms. The zero-order chi connectivity index (χ0) is 31.9. The lowest BCUT2D eigenvalue weighted by Crippen LogP contribution is -2.37. The molecule has 2 aliphatic heterocycles. The van der Waals surface area contributed by atoms with Crippen molar-refractivity contribution in [3.8, 4) is 17.2 Å². The molecule has 3 aromatic carbocycles. The molecule has 5 heterocycles. The number of furan rings is 1. The summed E-state index contributed by atoms with van der Waals surface area (Å²) < 4.78 is 35.8. The average molecular weight is 634 g/mol. The second kappa shape index (κ2) is 12.2. The minimum atomic E-state index is -0.631. The van der Waals surface area contributed by atoms with Crippen molar-refractivity contribution in [2.75, 3.05) is 51.3 Å². The van der Waals surface area contributed by atoms with Crippen molar-refractivity contribution in [2.45, 2.75) is 12.8 Å². The number of carbonyl (C=O) groups is 1. The van der Waals surface area contributed by atoms with Gasteiger partial charge in [0.15, 0.2) is 17.3 Å². The van der Waals surface area contributed by atoms with Crippen LogP contribution < -0.4 is 20.8 Å². The fourth-order valence-electron chi connectivity index (χ4n) is 6.45. The number of para-hydroxylation sites is 1. The molecule has 3 aromatic heterocycles. The summed E-state index contributed by atoms with van der Waals surface area (Å²) >= 11 is 0. The van der Waals surface area contributed by atoms with Gasteiger partial charge in [-0.2, -0.15) is 0 Å². The van der Waals surface area contributed by atoms with E-state index in [0.29, 0.717) is 54.3 Å². The van der Waals surface area contributed by atoms with Gasteiger partial charge in [-0.05, 0) is 43.3 Å². The normalized spacial score (nSPS) is 14.3. The molecule has 1 saturated heterocycles. The Labute approximate surface area is 268 Å². The molecule has 0 atom stereocenters. The van der Waals surface area contributed by atoms with E-state index in [0.717, 1.165) is 42.5 Å². The molecular weight excluding hydrogens is 601 g/mol. The topological polar surface area (TPSA) is 111 Å². The summed E-state index contributed by atoms with van der Waals surface area (Å²) in [6.45, 7) is 4.79. The maximum Gasteiger partial charge on any atom is 0.256 e. The average Bonchev–Trinajstić information content (AvgIpc) is 3.46. The van der Waals surface area contributed by atoms with Crippen molar-refractivity contribution in [2.24, 2.45) is 0 Å². The predicted octanol–water partition coefficient (Wildman–Crippen LogP) is 5.64. The number of halogens is 1. The van der Waals surface area contributed by atoms with Crippen molar-refractivity contribution in [3.63, 3.8) is 0 Å². The first-order valence-electron chi connectivity index (χ1n) is 15.8. The van der Waals surface area contributed by atoms with E-state index in [1.165, 1.54) is 12.3 Å². The van der Waals surface area contributed by atoms with Gasteiger partial charge in [-0.3, -0.25) is 19.5 Å². The van der Waals surface area contributed by atoms with E-state index in [9.17, 15) is 9.59 Å². The number of morpholine rings is 1. The molecule has 47 heavy (non-hydrogen) atoms. The summed E-state index contributed by atoms with van der Waals surface area (Å²) in [5.74, 6) is -0.537. The van der Waals surface area contributed by atoms with Gasteiger partial charge in [-0.1, -0.05) is 24.3 Å². The van der Waals surface area contributed by atoms with Crippen LogP contribution in [0.3, 0.4) is 0 Å². The number of pyridine rings is 2. The molecule has 11 heteroatoms. The fourth-order valence-corrected chi connectivity index (χ4v) is 6.45. The summed E-state index contributed by atoms with van der Waals surface area (Å²) in [5.41, 5.74) is 2.58. The summed E-state index contributed by atoms with van der Waals surface area (Å²) in [6.07, 6.45) is 4.48. The molecule has 1 amide bonds. The number of anilines is 1. The van der Waals surface area contributed by atoms with E-state index in [1.807, 2.05) is 54.6 Å². The van der Waals surface area contributed by atoms with Crippen LogP contribution in [0.2, 0.25) is 0 Å². The Morgan fingerprint density at radius 3 is 2.66 bits per heavy atom. The van der Waals surface area contributed by atoms with Gasteiger partial charge in [-0.15, -0.1) is 0 Å². The molecule has 10 nitrogen and oxygen atoms in total. The maximum atomic E-state index is 16.0. The van der Waals surface area contributed by atoms with Crippen molar-refractivity contribution < 1.29 is 23.1 Å². The summed E-state index contributed by atoms with van der Waals surface area (Å²) in [5, 5.41) is 7.87. The summed E-state index contributed by atoms with van der Waals surface area (Å²) in [7, 11) is 0. The lowest BCUT2D eigenvalue weighted by molar-refractivity contribution is 0.0378. The van der Waals surface area contributed by atoms with E-state index in [-0.39, 0.29) is 28.9 Å². The molecule has 0 unspecified atom stereocenters. The first-order chi connectivity index (χ1) is 23.0. The van der Waals surface area contributed by atoms with E-state index in [4.69, 9.17) is 13.9 Å². The standard InChI is InChI=1S/C36H32FN5O5/c37-27-18-25-33-35(32(27)39-11-5-13-41-14-16-45-17-15-41)47-31-19-24-23-7-1-2-8-29(23)46-30(24)20-28(31)42(33)21-26(34(25)43)36(44)40-12-9-22-6-3-4-10-38-22/h1-4,6-8,10,18-21,39H,5,9,11-17H2,(H,40,44). The number of hydrogen-bond acceptors (Lipinski definition) is 8. The minimum Gasteiger partial charge on any atom is -0.456 e. The highest BCUT2D eigenvalue weighted by Gasteiger charge is 2.29. The van der Waals surface area contributed by atoms with Crippen molar-refractivity contribution in [1.29, 1.82) is 0 Å². The number of amides is 1. The Morgan fingerprint density at radius 2 is 1.81 bits per heavy atom. The molecule has 8 rings (SSSR count). The molecule has 2 aliphatic rings. The number of nitrogens with one attached hydrogen (secondary N) is 2. The fraction of sp³-hybridized carbons (Fsp3) is 0.250. The molecule has 6 aromatic rings. The Hall–Kier alpha value is -5.26. The number of ether oxygens (including phenoxy) is 2. The van der Waals surface area contributed by atoms with Crippen LogP contribution in [0, 0.1) is 5.82 Å². The van der Waals surface area contributed by atoms with Gasteiger partial charge in [0, 0.05) is 67.5 Å². The van der Waals surface area contributed by atoms with Crippen LogP contribution in [0.4, 0.5) is 10.1 Å². The smallest absolute Gasteiger partial charge is 0.256 e. The molecule has 0 aliphatic carbocycles. The minimum absolute atomic E-state index is 0.0455. The van der Waals surface area contributed by atoms with Crippen LogP contribution in [0.5, 0.6) is 11.5 Å². The molecule has 2 N–H and O–H groups in total. The van der Waals surface area contributed by atoms with E-state index >= 15 is 4.39 Å². The van der Waals surface area contributed by atoms with Gasteiger partial charge in [0.05, 0.1) is 24.3 Å². The number of nitrogens with zero attached hydrogens (tertiary/aromatic N) is 3. The quantitative estimate of drug-likeness (QED) is 0.197. The molecule has 238 valence electrons. The van der Waals surface area contributed by atoms with Crippen LogP contribution in [-0.2, 0) is 11.2 Å². The Balaban J connectivity index is 1.20. The number of carbonyl (C=O) groups excluding carboxylic acids is 1. The molecule has 0 radical (unpaired) electrons. The Morgan fingerprint density at radius 1 is 0.957 bits per heavy atom. The number of rotatable bonds is 9. The van der Waals surface area contributed by atoms with Crippen molar-refractivity contribution in [3.05, 3.63) is 100 Å². The third kappa shape index (κ3) is 5.37. The number of aromatic nitrogens is 2. The van der Waals surface area contributed by atoms with Crippen LogP contribution >= 0.6 is 0 Å². The zero-order valence-electron chi connectivity index (χ0n) is 25.6. The molecule has 0 saturated carbocycles. The summed E-state index contributed by atoms with van der Waals surface area (Å²) in [4.78, 5) is 33.9. The highest BCUT2D eigenvalue weighted by Crippen LogP contribution is 2.47. The van der Waals surface area contributed by atoms with Crippen molar-refractivity contribution in [1.82, 2.24) is 19.8 Å². The van der Waals surface area contributed by atoms with Gasteiger partial charge < -0.3 is 29.1 Å². The third-order valence-corrected chi connectivity index (χ3v) is 8.82. The second-order valence-electron chi connectivity index (χ2n) is 11.8. The zero-order valence-corrected chi connectivity index (χ0v) is 25.6. The maximum absolute atomic E-state index is 16.0. The largest absolute Gasteiger partial charge is 0.456 e. The molecule has 1 fully saturated rings. The number of hydrogen-bond donors (Lipinski definition) is 2. The SMILES string of the molecule is O=C(NCCc1ccccn1)c1cn2c3c(c(NCCCN4CCOCC4)c(F)cc3c1=O)Oc1cc3c(cc1-2)oc1ccccc13. The molecule has 0 spiro atoms. The first kappa shape index (κ1) is 29.2. The monoisotopic (exact) mass is 633 g/mol. The van der Waals surface area contributed by atoms with Crippen LogP contribution in [0.15, 0.2) is 82.3 Å². The van der Waals surface area contributed by atoms with Gasteiger partial charge in [0.1, 0.15) is 27.9 Å². The highest BCUT2D eigenvalue weighted by atomic mass is 19.1. The van der Waals surface area contributed by atoms with Gasteiger partial charge in [0.25, 0.3) is 5.91 Å². The highest BCUT2D eigenvalue weighted by molar-refractivity contribution is 6.07. The van der Waals surface area contributed by atoms with Crippen molar-refractivity contribution >= 4 is 44.4 Å². The lowest BCUT2D eigenvalue weighted by Gasteiger charge is -2.27. The van der Waals surface area contributed by atoms with Crippen LogP contribution in [-0.4, -0.2) is 66.3 Å². The Kier molecular flexibility index (Phi) is 7.54. The van der Waals surface area contributed by atoms with Gasteiger partial charge in [-0.25, -0.2) is 4.39 Å². The summed E-state index contributed by atoms with van der Waals surface area (Å²) in [6, 6.07) is 18.2. The van der Waals surface area contributed by atoms with E-state index in [1.54, 1.807) is 10.8 Å². The number of fused-ring (bicyclic) bond motifs is 5. The Bertz CT molecular complexity index is 2210. The van der Waals surface area contributed by atoms with Gasteiger partial charge in [0.2, 0.25) is 5.43 Å². The van der Waals surface area contributed by atoms with E-state index < -0.39 is 17.2 Å². The molecular formula is C36H32FN5O5. The van der Waals surface area contributed by atoms with Crippen LogP contribution in [0.25, 0.3) is 38.5 Å². The third-order valence-electron chi connectivity index (χ3n) is 8.82. The van der Waals surface area contributed by atoms with E-state index in [2.05, 4.69) is 20.5 Å². The predicted molar refractivity (Wildman–Crippen MR) is 177 cm³/mol. The second-order valence-corrected chi connectivity index (χ2v) is 11.8. The van der Waals surface area contributed by atoms with Crippen LogP contribution in [0.1, 0.15) is 22.5 Å².